The van der Waals surface area contributed by atoms with E-state index in [-0.39, 0.29) is 59.2 Å². The Bertz CT molecular complexity index is 3530. The van der Waals surface area contributed by atoms with Gasteiger partial charge in [0.05, 0.1) is 82.3 Å². The third-order valence-electron chi connectivity index (χ3n) is 19.1. The molecule has 0 radical (unpaired) electrons. The van der Waals surface area contributed by atoms with Crippen molar-refractivity contribution in [3.05, 3.63) is 101 Å². The number of carbonyl (C=O) groups excluding carboxylic acids is 8. The summed E-state index contributed by atoms with van der Waals surface area (Å²) in [5.41, 5.74) is 4.27. The van der Waals surface area contributed by atoms with Crippen LogP contribution >= 0.6 is 0 Å². The number of amides is 8. The minimum atomic E-state index is -1.46. The van der Waals surface area contributed by atoms with Gasteiger partial charge in [0, 0.05) is 37.1 Å². The fraction of sp³-hybridized carbons (Fsp3) is 0.521. The molecule has 0 aromatic heterocycles. The maximum atomic E-state index is 14.5. The molecule has 0 bridgehead atoms. The van der Waals surface area contributed by atoms with Gasteiger partial charge < -0.3 is 80.0 Å². The summed E-state index contributed by atoms with van der Waals surface area (Å²) >= 11 is 0. The summed E-state index contributed by atoms with van der Waals surface area (Å²) in [7, 11) is 4.63. The molecule has 4 aromatic rings. The Balaban J connectivity index is 0.688. The van der Waals surface area contributed by atoms with Crippen molar-refractivity contribution < 1.29 is 76.6 Å². The Labute approximate surface area is 559 Å². The normalized spacial score (nSPS) is 20.7. The van der Waals surface area contributed by atoms with Crippen LogP contribution in [0.15, 0.2) is 79.0 Å². The zero-order chi connectivity index (χ0) is 68.4. The molecular formula is C71H91N9O16. The SMILES string of the molecule is CCC[C@@H]1C(COC(=O)NCC(=O)NCC(=O)N[C@H](C(=O)N[C@@H](C)C(=O)Nc2ccc(COC(=O)N3c4cc(OCCCCCOc5cc6c(cc5OC)C(=O)N5C=C(c7ccc(OC)cc7)C[C@H]5CN6)c(OC)cc4C(=O)N4CC5(CC5)C[C@H]4C3O)cc2)C(C)C)[C@@H]1CCC. The van der Waals surface area contributed by atoms with Gasteiger partial charge in [-0.3, -0.25) is 28.8 Å². The molecule has 2 aliphatic carbocycles. The van der Waals surface area contributed by atoms with Crippen molar-refractivity contribution in [2.45, 2.75) is 142 Å². The van der Waals surface area contributed by atoms with Crippen molar-refractivity contribution in [2.24, 2.45) is 29.1 Å². The lowest BCUT2D eigenvalue weighted by Gasteiger charge is -2.31. The molecule has 25 nitrogen and oxygen atoms in total. The molecule has 4 aromatic carbocycles. The third kappa shape index (κ3) is 16.3. The van der Waals surface area contributed by atoms with E-state index in [4.69, 9.17) is 33.2 Å². The summed E-state index contributed by atoms with van der Waals surface area (Å²) in [6, 6.07) is 18.0. The molecule has 6 aliphatic rings. The monoisotopic (exact) mass is 1330 g/mol. The van der Waals surface area contributed by atoms with Crippen LogP contribution in [0.3, 0.4) is 0 Å². The number of aliphatic hydroxyl groups is 1. The maximum Gasteiger partial charge on any atom is 0.416 e. The molecule has 1 saturated heterocycles. The van der Waals surface area contributed by atoms with Crippen LogP contribution in [0.25, 0.3) is 5.57 Å². The van der Waals surface area contributed by atoms with Gasteiger partial charge in [0.15, 0.2) is 29.2 Å². The molecular weight excluding hydrogens is 1230 g/mol. The van der Waals surface area contributed by atoms with Crippen LogP contribution in [0.5, 0.6) is 28.7 Å². The summed E-state index contributed by atoms with van der Waals surface area (Å²) in [5, 5.41) is 28.5. The predicted octanol–water partition coefficient (Wildman–Crippen LogP) is 8.38. The summed E-state index contributed by atoms with van der Waals surface area (Å²) in [5.74, 6) is 0.312. The Kier molecular flexibility index (Phi) is 22.5. The van der Waals surface area contributed by atoms with Crippen molar-refractivity contribution in [1.82, 2.24) is 31.1 Å². The summed E-state index contributed by atoms with van der Waals surface area (Å²) < 4.78 is 40.6. The van der Waals surface area contributed by atoms with Crippen molar-refractivity contribution in [3.8, 4) is 28.7 Å². The molecule has 96 heavy (non-hydrogen) atoms. The lowest BCUT2D eigenvalue weighted by molar-refractivity contribution is -0.132. The van der Waals surface area contributed by atoms with E-state index >= 15 is 0 Å². The lowest BCUT2D eigenvalue weighted by Crippen LogP contribution is -2.55. The van der Waals surface area contributed by atoms with Gasteiger partial charge in [-0.05, 0) is 134 Å². The van der Waals surface area contributed by atoms with E-state index in [1.807, 2.05) is 36.5 Å². The van der Waals surface area contributed by atoms with Crippen molar-refractivity contribution >= 4 is 70.3 Å². The van der Waals surface area contributed by atoms with E-state index in [0.29, 0.717) is 110 Å². The number of aliphatic hydroxyl groups excluding tert-OH is 1. The van der Waals surface area contributed by atoms with Crippen LogP contribution in [0.2, 0.25) is 0 Å². The molecule has 8 amide bonds. The number of methoxy groups -OCH3 is 3. The fourth-order valence-electron chi connectivity index (χ4n) is 13.5. The number of hydrogen-bond donors (Lipinski definition) is 7. The van der Waals surface area contributed by atoms with Crippen LogP contribution in [0.1, 0.15) is 137 Å². The number of unbranched alkanes of at least 4 members (excludes halogenated alkanes) is 2. The molecule has 4 heterocycles. The number of alkyl carbamates (subject to hydrolysis) is 1. The summed E-state index contributed by atoms with van der Waals surface area (Å²) in [4.78, 5) is 112. The van der Waals surface area contributed by atoms with E-state index in [2.05, 4.69) is 45.7 Å². The van der Waals surface area contributed by atoms with Crippen molar-refractivity contribution in [1.29, 1.82) is 0 Å². The average molecular weight is 1330 g/mol. The second-order valence-corrected chi connectivity index (χ2v) is 26.2. The molecule has 4 aliphatic heterocycles. The Hall–Kier alpha value is -9.26. The van der Waals surface area contributed by atoms with Crippen molar-refractivity contribution in [3.63, 3.8) is 0 Å². The Morgan fingerprint density at radius 2 is 1.36 bits per heavy atom. The first kappa shape index (κ1) is 69.6. The molecule has 25 heteroatoms. The fourth-order valence-corrected chi connectivity index (χ4v) is 13.5. The van der Waals surface area contributed by atoms with E-state index in [9.17, 15) is 43.5 Å². The molecule has 2 unspecified atom stereocenters. The highest BCUT2D eigenvalue weighted by Gasteiger charge is 2.58. The van der Waals surface area contributed by atoms with Gasteiger partial charge in [0.1, 0.15) is 31.0 Å². The van der Waals surface area contributed by atoms with E-state index in [1.165, 1.54) is 26.2 Å². The molecule has 3 fully saturated rings. The number of carbonyl (C=O) groups is 8. The number of nitrogens with zero attached hydrogens (tertiary/aromatic N) is 3. The van der Waals surface area contributed by atoms with Crippen LogP contribution in [-0.4, -0.2) is 160 Å². The number of anilines is 3. The standard InChI is InChI=1S/C71H91N9O16/c1-9-14-49-50(15-10-2)53(49)39-95-69(88)74-35-61(81)73-36-62(82)77-63(41(3)4)65(84)75-42(5)64(83)76-46-20-16-43(17-21-46)38-96-70(89)80-55-32-60(58(92-8)30-52(55)67(86)79-40-71(24-25-71)33-56(79)68(80)87)94-27-13-11-12-26-93-59-31-54-51(29-57(59)91-7)66(85)78-37-45(28-47(78)34-72-54)44-18-22-48(90-6)23-19-44/h16-23,29-32,37,41-42,47,49-50,53,56,63,68,72,87H,9-15,24-28,33-36,38-40H2,1-8H3,(H,73,81)(H,74,88)(H,75,84)(H,76,83)(H,77,82)/t42-,47-,49-,50+,53?,56-,63-,68?/m0/s1. The Morgan fingerprint density at radius 3 is 2.00 bits per heavy atom. The molecule has 7 N–H and O–H groups in total. The average Bonchev–Trinajstić information content (AvgIpc) is 1.56. The van der Waals surface area contributed by atoms with Crippen LogP contribution in [0, 0.1) is 29.1 Å². The first-order valence-electron chi connectivity index (χ1n) is 33.5. The number of benzene rings is 4. The highest BCUT2D eigenvalue weighted by molar-refractivity contribution is 6.06. The molecule has 2 saturated carbocycles. The number of nitrogens with one attached hydrogen (secondary N) is 6. The number of rotatable bonds is 30. The second-order valence-electron chi connectivity index (χ2n) is 26.2. The predicted molar refractivity (Wildman–Crippen MR) is 357 cm³/mol. The maximum absolute atomic E-state index is 14.5. The van der Waals surface area contributed by atoms with Crippen LogP contribution in [0.4, 0.5) is 26.7 Å². The topological polar surface area (TPSA) is 303 Å². The minimum absolute atomic E-state index is 0.0701. The van der Waals surface area contributed by atoms with E-state index in [1.54, 1.807) is 68.2 Å². The van der Waals surface area contributed by atoms with E-state index < -0.39 is 79.2 Å². The van der Waals surface area contributed by atoms with Gasteiger partial charge in [0.25, 0.3) is 11.8 Å². The van der Waals surface area contributed by atoms with Gasteiger partial charge in [-0.25, -0.2) is 14.5 Å². The number of ether oxygens (including phenoxy) is 7. The lowest BCUT2D eigenvalue weighted by atomic mass is 10.0. The molecule has 516 valence electrons. The minimum Gasteiger partial charge on any atom is -0.497 e. The van der Waals surface area contributed by atoms with Crippen LogP contribution in [-0.2, 0) is 35.3 Å². The van der Waals surface area contributed by atoms with Crippen molar-refractivity contribution in [2.75, 3.05) is 82.9 Å². The molecule has 10 rings (SSSR count). The second kappa shape index (κ2) is 31.1. The third-order valence-corrected chi connectivity index (χ3v) is 19.1. The molecule has 1 spiro atoms. The number of hydrogen-bond acceptors (Lipinski definition) is 17. The van der Waals surface area contributed by atoms with Crippen LogP contribution < -0.4 is 60.5 Å². The Morgan fingerprint density at radius 1 is 0.708 bits per heavy atom. The summed E-state index contributed by atoms with van der Waals surface area (Å²) in [6.07, 6.45) is 8.13. The highest BCUT2D eigenvalue weighted by atomic mass is 16.6. The first-order valence-corrected chi connectivity index (χ1v) is 33.5. The van der Waals surface area contributed by atoms with Gasteiger partial charge >= 0.3 is 12.2 Å². The molecule has 8 atom stereocenters. The quantitative estimate of drug-likeness (QED) is 0.0241. The smallest absolute Gasteiger partial charge is 0.416 e. The van der Waals surface area contributed by atoms with E-state index in [0.717, 1.165) is 60.3 Å². The summed E-state index contributed by atoms with van der Waals surface area (Å²) in [6.45, 7) is 9.95. The zero-order valence-corrected chi connectivity index (χ0v) is 56.0. The van der Waals surface area contributed by atoms with Gasteiger partial charge in [-0.15, -0.1) is 0 Å². The van der Waals surface area contributed by atoms with Gasteiger partial charge in [-0.1, -0.05) is 77.6 Å². The van der Waals surface area contributed by atoms with Gasteiger partial charge in [-0.2, -0.15) is 0 Å². The highest BCUT2D eigenvalue weighted by Crippen LogP contribution is 2.57. The number of fused-ring (bicyclic) bond motifs is 4. The first-order chi connectivity index (χ1) is 46.2. The zero-order valence-electron chi connectivity index (χ0n) is 56.0. The largest absolute Gasteiger partial charge is 0.497 e. The van der Waals surface area contributed by atoms with Gasteiger partial charge in [0.2, 0.25) is 23.6 Å².